The van der Waals surface area contributed by atoms with E-state index in [0.717, 1.165) is 59.8 Å². The fourth-order valence-electron chi connectivity index (χ4n) is 5.27. The minimum absolute atomic E-state index is 0.000827. The van der Waals surface area contributed by atoms with Crippen molar-refractivity contribution < 1.29 is 9.72 Å². The monoisotopic (exact) mass is 456 g/mol. The molecule has 0 spiro atoms. The molecule has 2 aliphatic rings. The summed E-state index contributed by atoms with van der Waals surface area (Å²) in [6, 6.07) is 15.4. The van der Waals surface area contributed by atoms with Crippen molar-refractivity contribution in [2.24, 2.45) is 0 Å². The van der Waals surface area contributed by atoms with E-state index in [1.807, 2.05) is 73.9 Å². The molecular weight excluding hydrogens is 428 g/mol. The van der Waals surface area contributed by atoms with Crippen LogP contribution in [0.15, 0.2) is 48.5 Å². The van der Waals surface area contributed by atoms with Crippen molar-refractivity contribution in [3.63, 3.8) is 0 Å². The molecule has 2 aromatic carbocycles. The van der Waals surface area contributed by atoms with E-state index in [9.17, 15) is 14.9 Å². The second-order valence-corrected chi connectivity index (χ2v) is 8.91. The molecule has 7 heteroatoms. The Hall–Kier alpha value is -3.87. The summed E-state index contributed by atoms with van der Waals surface area (Å²) >= 11 is 0. The number of likely N-dealkylation sites (N-methyl/N-ethyl adjacent to an activating group) is 1. The molecule has 2 aliphatic heterocycles. The molecule has 0 aliphatic carbocycles. The zero-order valence-electron chi connectivity index (χ0n) is 19.7. The largest absolute Gasteiger partial charge is 0.366 e. The van der Waals surface area contributed by atoms with Gasteiger partial charge in [-0.1, -0.05) is 18.2 Å². The lowest BCUT2D eigenvalue weighted by Crippen LogP contribution is -2.25. The van der Waals surface area contributed by atoms with Crippen LogP contribution in [-0.4, -0.2) is 35.0 Å². The topological polar surface area (TPSA) is 71.6 Å². The van der Waals surface area contributed by atoms with Gasteiger partial charge < -0.3 is 14.4 Å². The van der Waals surface area contributed by atoms with E-state index < -0.39 is 0 Å². The molecule has 0 bridgehead atoms. The zero-order valence-corrected chi connectivity index (χ0v) is 19.7. The van der Waals surface area contributed by atoms with Crippen molar-refractivity contribution in [2.45, 2.75) is 33.6 Å². The molecule has 0 atom stereocenters. The lowest BCUT2D eigenvalue weighted by molar-refractivity contribution is -0.384. The van der Waals surface area contributed by atoms with Crippen molar-refractivity contribution in [2.75, 3.05) is 29.4 Å². The number of nitro benzene ring substituents is 1. The third-order valence-electron chi connectivity index (χ3n) is 6.91. The van der Waals surface area contributed by atoms with Crippen molar-refractivity contribution in [1.29, 1.82) is 0 Å². The average Bonchev–Trinajstić information content (AvgIpc) is 3.52. The van der Waals surface area contributed by atoms with Gasteiger partial charge >= 0.3 is 0 Å². The highest BCUT2D eigenvalue weighted by molar-refractivity contribution is 6.35. The summed E-state index contributed by atoms with van der Waals surface area (Å²) in [7, 11) is 0. The molecule has 1 amide bonds. The molecule has 0 saturated carbocycles. The fourth-order valence-corrected chi connectivity index (χ4v) is 5.27. The van der Waals surface area contributed by atoms with E-state index in [2.05, 4.69) is 4.90 Å². The molecule has 1 saturated heterocycles. The van der Waals surface area contributed by atoms with Crippen LogP contribution in [0.3, 0.4) is 0 Å². The molecule has 0 N–H and O–H groups in total. The van der Waals surface area contributed by atoms with Crippen molar-refractivity contribution >= 4 is 34.6 Å². The fraction of sp³-hybridized carbons (Fsp3) is 0.296. The Morgan fingerprint density at radius 1 is 1.03 bits per heavy atom. The maximum atomic E-state index is 13.1. The number of para-hydroxylation sites is 1. The van der Waals surface area contributed by atoms with Crippen LogP contribution in [0.2, 0.25) is 0 Å². The van der Waals surface area contributed by atoms with Crippen LogP contribution in [-0.2, 0) is 4.79 Å². The number of carbonyl (C=O) groups is 1. The van der Waals surface area contributed by atoms with Crippen LogP contribution >= 0.6 is 0 Å². The quantitative estimate of drug-likeness (QED) is 0.288. The first-order valence-electron chi connectivity index (χ1n) is 11.8. The first kappa shape index (κ1) is 21.9. The summed E-state index contributed by atoms with van der Waals surface area (Å²) in [5.74, 6) is -0.000827. The number of amides is 1. The number of aryl methyl sites for hydroxylation is 1. The van der Waals surface area contributed by atoms with Gasteiger partial charge in [0.2, 0.25) is 0 Å². The maximum absolute atomic E-state index is 13.1. The third-order valence-corrected chi connectivity index (χ3v) is 6.91. The number of aromatic nitrogens is 1. The van der Waals surface area contributed by atoms with Gasteiger partial charge in [0.1, 0.15) is 5.69 Å². The average molecular weight is 457 g/mol. The normalized spacial score (nSPS) is 16.6. The minimum Gasteiger partial charge on any atom is -0.366 e. The van der Waals surface area contributed by atoms with E-state index in [-0.39, 0.29) is 16.5 Å². The molecule has 7 nitrogen and oxygen atoms in total. The van der Waals surface area contributed by atoms with E-state index in [0.29, 0.717) is 17.8 Å². The van der Waals surface area contributed by atoms with Gasteiger partial charge in [-0.2, -0.15) is 0 Å². The standard InChI is InChI=1S/C27H28N4O3/c1-4-29-24-10-6-5-9-22(24)23(27(29)32)16-20-15-18(2)30(19(20)3)21-11-12-25(26(17-21)31(33)34)28-13-7-8-14-28/h5-6,9-12,15-17H,4,7-8,13-14H2,1-3H3/b23-16+. The highest BCUT2D eigenvalue weighted by Gasteiger charge is 2.31. The number of hydrogen-bond acceptors (Lipinski definition) is 4. The number of nitrogens with zero attached hydrogens (tertiary/aromatic N) is 4. The van der Waals surface area contributed by atoms with Gasteiger partial charge in [0.25, 0.3) is 11.6 Å². The summed E-state index contributed by atoms with van der Waals surface area (Å²) in [6.45, 7) is 8.26. The summed E-state index contributed by atoms with van der Waals surface area (Å²) in [6.07, 6.45) is 4.07. The zero-order chi connectivity index (χ0) is 24.0. The van der Waals surface area contributed by atoms with E-state index in [1.165, 1.54) is 0 Å². The van der Waals surface area contributed by atoms with Crippen LogP contribution in [0.1, 0.15) is 42.3 Å². The summed E-state index contributed by atoms with van der Waals surface area (Å²) in [5.41, 5.74) is 6.93. The Kier molecular flexibility index (Phi) is 5.48. The summed E-state index contributed by atoms with van der Waals surface area (Å²) < 4.78 is 2.02. The lowest BCUT2D eigenvalue weighted by Gasteiger charge is -2.19. The Balaban J connectivity index is 1.58. The van der Waals surface area contributed by atoms with E-state index in [4.69, 9.17) is 0 Å². The molecule has 174 valence electrons. The second kappa shape index (κ2) is 8.48. The molecule has 0 radical (unpaired) electrons. The minimum atomic E-state index is -0.290. The molecule has 5 rings (SSSR count). The van der Waals surface area contributed by atoms with Gasteiger partial charge in [0.05, 0.1) is 16.3 Å². The second-order valence-electron chi connectivity index (χ2n) is 8.91. The van der Waals surface area contributed by atoms with Crippen molar-refractivity contribution in [3.8, 4) is 5.69 Å². The van der Waals surface area contributed by atoms with Gasteiger partial charge in [-0.3, -0.25) is 14.9 Å². The first-order chi connectivity index (χ1) is 16.4. The van der Waals surface area contributed by atoms with Crippen LogP contribution in [0.4, 0.5) is 17.1 Å². The third kappa shape index (κ3) is 3.48. The predicted octanol–water partition coefficient (Wildman–Crippen LogP) is 5.51. The van der Waals surface area contributed by atoms with Crippen LogP contribution < -0.4 is 9.80 Å². The predicted molar refractivity (Wildman–Crippen MR) is 136 cm³/mol. The number of rotatable bonds is 5. The number of anilines is 2. The molecule has 34 heavy (non-hydrogen) atoms. The van der Waals surface area contributed by atoms with Gasteiger partial charge in [-0.15, -0.1) is 0 Å². The Bertz CT molecular complexity index is 1330. The van der Waals surface area contributed by atoms with Gasteiger partial charge in [-0.05, 0) is 69.5 Å². The Morgan fingerprint density at radius 2 is 1.76 bits per heavy atom. The highest BCUT2D eigenvalue weighted by atomic mass is 16.6. The highest BCUT2D eigenvalue weighted by Crippen LogP contribution is 2.39. The SMILES string of the molecule is CCN1C(=O)/C(=C/c2cc(C)n(-c3ccc(N4CCCC4)c([N+](=O)[O-])c3)c2C)c2ccccc21. The number of carbonyl (C=O) groups excluding carboxylic acids is 1. The molecule has 0 unspecified atom stereocenters. The smallest absolute Gasteiger partial charge is 0.294 e. The van der Waals surface area contributed by atoms with Crippen LogP contribution in [0.25, 0.3) is 17.3 Å². The maximum Gasteiger partial charge on any atom is 0.294 e. The summed E-state index contributed by atoms with van der Waals surface area (Å²) in [4.78, 5) is 28.6. The molecule has 3 aromatic rings. The first-order valence-corrected chi connectivity index (χ1v) is 11.8. The number of fused-ring (bicyclic) bond motifs is 1. The summed E-state index contributed by atoms with van der Waals surface area (Å²) in [5, 5.41) is 11.9. The molecule has 3 heterocycles. The van der Waals surface area contributed by atoms with Crippen molar-refractivity contribution in [1.82, 2.24) is 4.57 Å². The number of nitro groups is 1. The van der Waals surface area contributed by atoms with Crippen LogP contribution in [0.5, 0.6) is 0 Å². The van der Waals surface area contributed by atoms with Gasteiger partial charge in [-0.25, -0.2) is 0 Å². The Morgan fingerprint density at radius 3 is 2.47 bits per heavy atom. The van der Waals surface area contributed by atoms with Crippen LogP contribution in [0, 0.1) is 24.0 Å². The number of hydrogen-bond donors (Lipinski definition) is 0. The van der Waals surface area contributed by atoms with Gasteiger partial charge in [0.15, 0.2) is 0 Å². The molecule has 1 aromatic heterocycles. The van der Waals surface area contributed by atoms with E-state index >= 15 is 0 Å². The number of benzene rings is 2. The van der Waals surface area contributed by atoms with E-state index in [1.54, 1.807) is 11.0 Å². The van der Waals surface area contributed by atoms with Gasteiger partial charge in [0, 0.05) is 48.2 Å². The lowest BCUT2D eigenvalue weighted by atomic mass is 10.0. The van der Waals surface area contributed by atoms with Crippen molar-refractivity contribution in [3.05, 3.63) is 81.2 Å². The molecular formula is C27H28N4O3. The Labute approximate surface area is 199 Å². The molecule has 1 fully saturated rings.